The number of ketones is 1. The zero-order valence-corrected chi connectivity index (χ0v) is 19.7. The molecule has 2 aromatic carbocycles. The molecule has 1 N–H and O–H groups in total. The van der Waals surface area contributed by atoms with E-state index in [1.54, 1.807) is 36.1 Å². The first-order chi connectivity index (χ1) is 17.9. The van der Waals surface area contributed by atoms with Crippen molar-refractivity contribution in [3.05, 3.63) is 123 Å². The molecule has 10 heteroatoms. The molecule has 0 saturated carbocycles. The third kappa shape index (κ3) is 4.25. The minimum Gasteiger partial charge on any atom is -0.507 e. The fraction of sp³-hybridized carbons (Fsp3) is 0.111. The molecule has 0 bridgehead atoms. The Morgan fingerprint density at radius 2 is 1.76 bits per heavy atom. The number of Topliss-reactive ketones (excluding diaryl/α,β-unsaturated/α-hetero) is 1. The van der Waals surface area contributed by atoms with Gasteiger partial charge in [-0.15, -0.1) is 0 Å². The molecule has 1 amide bonds. The van der Waals surface area contributed by atoms with E-state index >= 15 is 0 Å². The number of nitro benzene ring substituents is 1. The van der Waals surface area contributed by atoms with Gasteiger partial charge in [0.2, 0.25) is 0 Å². The molecule has 1 saturated heterocycles. The predicted octanol–water partition coefficient (Wildman–Crippen LogP) is 4.11. The lowest BCUT2D eigenvalue weighted by Gasteiger charge is -2.25. The second-order valence-electron chi connectivity index (χ2n) is 8.53. The van der Waals surface area contributed by atoms with E-state index in [0.717, 1.165) is 5.69 Å². The number of hydrogen-bond donors (Lipinski definition) is 1. The van der Waals surface area contributed by atoms with Crippen molar-refractivity contribution in [3.63, 3.8) is 0 Å². The van der Waals surface area contributed by atoms with Gasteiger partial charge in [0, 0.05) is 31.1 Å². The third-order valence-corrected chi connectivity index (χ3v) is 6.30. The molecule has 37 heavy (non-hydrogen) atoms. The molecular formula is C27H21N5O5. The summed E-state index contributed by atoms with van der Waals surface area (Å²) in [7, 11) is 0. The maximum Gasteiger partial charge on any atom is 0.295 e. The number of aliphatic hydroxyl groups excluding tert-OH is 1. The molecule has 1 atom stereocenters. The van der Waals surface area contributed by atoms with Crippen LogP contribution in [0.1, 0.15) is 28.4 Å². The molecular weight excluding hydrogens is 474 g/mol. The van der Waals surface area contributed by atoms with Crippen molar-refractivity contribution >= 4 is 23.1 Å². The summed E-state index contributed by atoms with van der Waals surface area (Å²) in [4.78, 5) is 42.6. The van der Waals surface area contributed by atoms with E-state index in [9.17, 15) is 24.8 Å². The highest BCUT2D eigenvalue weighted by atomic mass is 16.6. The highest BCUT2D eigenvalue weighted by Crippen LogP contribution is 2.41. The molecule has 3 heterocycles. The van der Waals surface area contributed by atoms with E-state index in [1.165, 1.54) is 35.4 Å². The molecule has 184 valence electrons. The Morgan fingerprint density at radius 1 is 1.03 bits per heavy atom. The van der Waals surface area contributed by atoms with Gasteiger partial charge in [-0.05, 0) is 48.4 Å². The molecule has 10 nitrogen and oxygen atoms in total. The van der Waals surface area contributed by atoms with Gasteiger partial charge < -0.3 is 10.0 Å². The number of nitrogens with zero attached hydrogens (tertiary/aromatic N) is 5. The van der Waals surface area contributed by atoms with E-state index in [1.807, 2.05) is 30.3 Å². The molecule has 5 rings (SSSR count). The van der Waals surface area contributed by atoms with Gasteiger partial charge >= 0.3 is 0 Å². The van der Waals surface area contributed by atoms with Gasteiger partial charge in [0.25, 0.3) is 17.4 Å². The summed E-state index contributed by atoms with van der Waals surface area (Å²) in [5, 5.41) is 27.0. The maximum absolute atomic E-state index is 13.3. The van der Waals surface area contributed by atoms with Crippen LogP contribution in [0.4, 0.5) is 5.69 Å². The van der Waals surface area contributed by atoms with Crippen molar-refractivity contribution in [2.24, 2.45) is 0 Å². The summed E-state index contributed by atoms with van der Waals surface area (Å²) >= 11 is 0. The SMILES string of the molecule is Cc1c(/C(O)=C2\C(=O)C(=O)N(Cc3cccnc3)C2c2ccc([N+](=O)[O-])cc2)cnn1-c1ccccc1. The number of rotatable bonds is 6. The molecule has 1 fully saturated rings. The second kappa shape index (κ2) is 9.50. The predicted molar refractivity (Wildman–Crippen MR) is 133 cm³/mol. The number of non-ortho nitro benzene ring substituents is 1. The number of pyridine rings is 1. The van der Waals surface area contributed by atoms with E-state index in [4.69, 9.17) is 0 Å². The Labute approximate surface area is 211 Å². The second-order valence-corrected chi connectivity index (χ2v) is 8.53. The average Bonchev–Trinajstić information content (AvgIpc) is 3.42. The first kappa shape index (κ1) is 23.6. The number of aromatic nitrogens is 3. The largest absolute Gasteiger partial charge is 0.507 e. The van der Waals surface area contributed by atoms with Crippen LogP contribution in [-0.4, -0.2) is 41.4 Å². The minimum absolute atomic E-state index is 0.0547. The number of hydrogen-bond acceptors (Lipinski definition) is 7. The maximum atomic E-state index is 13.3. The van der Waals surface area contributed by atoms with Gasteiger partial charge in [-0.25, -0.2) is 4.68 Å². The van der Waals surface area contributed by atoms with Gasteiger partial charge in [0.15, 0.2) is 0 Å². The molecule has 1 aliphatic heterocycles. The van der Waals surface area contributed by atoms with Crippen LogP contribution >= 0.6 is 0 Å². The van der Waals surface area contributed by atoms with Crippen LogP contribution in [0, 0.1) is 17.0 Å². The van der Waals surface area contributed by atoms with Crippen molar-refractivity contribution in [2.75, 3.05) is 0 Å². The Morgan fingerprint density at radius 3 is 2.41 bits per heavy atom. The minimum atomic E-state index is -0.972. The van der Waals surface area contributed by atoms with Gasteiger partial charge in [-0.2, -0.15) is 5.10 Å². The number of benzene rings is 2. The van der Waals surface area contributed by atoms with Crippen molar-refractivity contribution < 1.29 is 19.6 Å². The van der Waals surface area contributed by atoms with Crippen molar-refractivity contribution in [2.45, 2.75) is 19.5 Å². The molecule has 1 unspecified atom stereocenters. The van der Waals surface area contributed by atoms with Crippen molar-refractivity contribution in [1.82, 2.24) is 19.7 Å². The zero-order chi connectivity index (χ0) is 26.1. The van der Waals surface area contributed by atoms with Crippen molar-refractivity contribution in [3.8, 4) is 5.69 Å². The van der Waals surface area contributed by atoms with Gasteiger partial charge in [0.1, 0.15) is 5.76 Å². The number of carbonyl (C=O) groups is 2. The number of nitro groups is 1. The Bertz CT molecular complexity index is 1530. The van der Waals surface area contributed by atoms with Crippen LogP contribution in [0.3, 0.4) is 0 Å². The standard InChI is InChI=1S/C27H21N5O5/c1-17-22(15-29-31(17)20-7-3-2-4-8-20)25(33)23-24(19-9-11-21(12-10-19)32(36)37)30(27(35)26(23)34)16-18-6-5-13-28-14-18/h2-15,24,33H,16H2,1H3/b25-23+. The van der Waals surface area contributed by atoms with Gasteiger partial charge in [-0.3, -0.25) is 24.7 Å². The smallest absolute Gasteiger partial charge is 0.295 e. The Hall–Kier alpha value is -5.12. The molecule has 0 aliphatic carbocycles. The lowest BCUT2D eigenvalue weighted by molar-refractivity contribution is -0.384. The summed E-state index contributed by atoms with van der Waals surface area (Å²) < 4.78 is 1.63. The average molecular weight is 495 g/mol. The molecule has 0 radical (unpaired) electrons. The Balaban J connectivity index is 1.65. The molecule has 2 aromatic heterocycles. The van der Waals surface area contributed by atoms with Crippen LogP contribution in [0.2, 0.25) is 0 Å². The number of amides is 1. The monoisotopic (exact) mass is 495 g/mol. The third-order valence-electron chi connectivity index (χ3n) is 6.30. The zero-order valence-electron chi connectivity index (χ0n) is 19.7. The molecule has 1 aliphatic rings. The highest BCUT2D eigenvalue weighted by Gasteiger charge is 2.46. The topological polar surface area (TPSA) is 131 Å². The van der Waals surface area contributed by atoms with E-state index in [2.05, 4.69) is 10.1 Å². The van der Waals surface area contributed by atoms with E-state index in [-0.39, 0.29) is 23.6 Å². The van der Waals surface area contributed by atoms with Crippen LogP contribution in [0.5, 0.6) is 0 Å². The highest BCUT2D eigenvalue weighted by molar-refractivity contribution is 6.46. The summed E-state index contributed by atoms with van der Waals surface area (Å²) in [6.45, 7) is 1.81. The fourth-order valence-corrected chi connectivity index (χ4v) is 4.47. The molecule has 4 aromatic rings. The first-order valence-corrected chi connectivity index (χ1v) is 11.4. The first-order valence-electron chi connectivity index (χ1n) is 11.4. The summed E-state index contributed by atoms with van der Waals surface area (Å²) in [5.74, 6) is -2.01. The Kier molecular flexibility index (Phi) is 6.06. The van der Waals surface area contributed by atoms with Gasteiger partial charge in [-0.1, -0.05) is 24.3 Å². The molecule has 0 spiro atoms. The fourth-order valence-electron chi connectivity index (χ4n) is 4.47. The van der Waals surface area contributed by atoms with E-state index < -0.39 is 22.7 Å². The number of para-hydroxylation sites is 1. The summed E-state index contributed by atoms with van der Waals surface area (Å²) in [5.41, 5.74) is 2.53. The summed E-state index contributed by atoms with van der Waals surface area (Å²) in [6.07, 6.45) is 4.62. The number of aliphatic hydroxyl groups is 1. The van der Waals surface area contributed by atoms with Crippen LogP contribution in [-0.2, 0) is 16.1 Å². The quantitative estimate of drug-likeness (QED) is 0.140. The number of likely N-dealkylation sites (tertiary alicyclic amines) is 1. The lowest BCUT2D eigenvalue weighted by atomic mass is 9.95. The normalized spacial score (nSPS) is 16.8. The van der Waals surface area contributed by atoms with Gasteiger partial charge in [0.05, 0.1) is 39.7 Å². The van der Waals surface area contributed by atoms with Crippen LogP contribution < -0.4 is 0 Å². The van der Waals surface area contributed by atoms with E-state index in [0.29, 0.717) is 22.4 Å². The lowest BCUT2D eigenvalue weighted by Crippen LogP contribution is -2.29. The number of carbonyl (C=O) groups excluding carboxylic acids is 2. The van der Waals surface area contributed by atoms with Crippen LogP contribution in [0.25, 0.3) is 11.4 Å². The van der Waals surface area contributed by atoms with Crippen LogP contribution in [0.15, 0.2) is 90.9 Å². The summed E-state index contributed by atoms with van der Waals surface area (Å²) in [6, 6.07) is 17.4. The van der Waals surface area contributed by atoms with Crippen molar-refractivity contribution in [1.29, 1.82) is 0 Å².